The second-order valence-electron chi connectivity index (χ2n) is 10.3. The zero-order valence-corrected chi connectivity index (χ0v) is 23.1. The molecule has 1 saturated carbocycles. The SMILES string of the molecule is Cc1nc(N2CCC3(CCC[C@H]3NC(=O)OC(C)(C)C)CC2)c(Br)nc1-c1cccc(Cl)c1Cl. The van der Waals surface area contributed by atoms with Crippen LogP contribution in [0.4, 0.5) is 10.6 Å². The van der Waals surface area contributed by atoms with Gasteiger partial charge in [0.1, 0.15) is 10.2 Å². The van der Waals surface area contributed by atoms with Gasteiger partial charge in [-0.2, -0.15) is 0 Å². The summed E-state index contributed by atoms with van der Waals surface area (Å²) >= 11 is 16.3. The summed E-state index contributed by atoms with van der Waals surface area (Å²) < 4.78 is 6.20. The molecule has 6 nitrogen and oxygen atoms in total. The number of hydrogen-bond donors (Lipinski definition) is 1. The molecule has 1 aromatic carbocycles. The van der Waals surface area contributed by atoms with Crippen molar-refractivity contribution in [3.05, 3.63) is 38.5 Å². The smallest absolute Gasteiger partial charge is 0.407 e. The summed E-state index contributed by atoms with van der Waals surface area (Å²) in [6, 6.07) is 5.67. The number of amides is 1. The normalized spacial score (nSPS) is 20.0. The number of ether oxygens (including phenoxy) is 1. The summed E-state index contributed by atoms with van der Waals surface area (Å²) in [4.78, 5) is 24.4. The van der Waals surface area contributed by atoms with Crippen LogP contribution in [0.25, 0.3) is 11.3 Å². The van der Waals surface area contributed by atoms with Gasteiger partial charge >= 0.3 is 6.09 Å². The van der Waals surface area contributed by atoms with Gasteiger partial charge in [-0.15, -0.1) is 0 Å². The predicted molar refractivity (Wildman–Crippen MR) is 141 cm³/mol. The maximum atomic E-state index is 12.4. The minimum atomic E-state index is -0.497. The number of nitrogens with zero attached hydrogens (tertiary/aromatic N) is 3. The molecule has 1 aromatic heterocycles. The molecule has 4 rings (SSSR count). The first kappa shape index (κ1) is 25.5. The number of rotatable bonds is 3. The molecule has 1 spiro atoms. The summed E-state index contributed by atoms with van der Waals surface area (Å²) in [7, 11) is 0. The summed E-state index contributed by atoms with van der Waals surface area (Å²) in [5.74, 6) is 0.837. The highest BCUT2D eigenvalue weighted by atomic mass is 79.9. The first-order chi connectivity index (χ1) is 16.0. The van der Waals surface area contributed by atoms with Gasteiger partial charge in [0.2, 0.25) is 0 Å². The minimum absolute atomic E-state index is 0.108. The Hall–Kier alpha value is -1.57. The van der Waals surface area contributed by atoms with Gasteiger partial charge in [-0.3, -0.25) is 0 Å². The third-order valence-electron chi connectivity index (χ3n) is 6.87. The van der Waals surface area contributed by atoms with Gasteiger partial charge in [0.05, 0.1) is 21.4 Å². The number of aromatic nitrogens is 2. The summed E-state index contributed by atoms with van der Waals surface area (Å²) in [6.45, 7) is 9.33. The standard InChI is InChI=1S/C25H31BrCl2N4O2/c1-15-20(16-7-5-8-17(27)19(16)28)31-21(26)22(29-15)32-13-11-25(12-14-32)10-6-9-18(25)30-23(33)34-24(2,3)4/h5,7-8,18H,6,9-14H2,1-4H3,(H,30,33)/t18-/m1/s1. The van der Waals surface area contributed by atoms with Crippen LogP contribution in [0.1, 0.15) is 58.6 Å². The number of alkyl carbamates (subject to hydrolysis) is 1. The number of anilines is 1. The summed E-state index contributed by atoms with van der Waals surface area (Å²) in [6.07, 6.45) is 4.90. The molecule has 2 aromatic rings. The van der Waals surface area contributed by atoms with Crippen molar-refractivity contribution in [2.45, 2.75) is 71.4 Å². The molecular weight excluding hydrogens is 539 g/mol. The van der Waals surface area contributed by atoms with Crippen molar-refractivity contribution in [1.82, 2.24) is 15.3 Å². The van der Waals surface area contributed by atoms with E-state index >= 15 is 0 Å². The van der Waals surface area contributed by atoms with Crippen molar-refractivity contribution in [3.8, 4) is 11.3 Å². The van der Waals surface area contributed by atoms with E-state index in [4.69, 9.17) is 37.9 Å². The van der Waals surface area contributed by atoms with Crippen molar-refractivity contribution >= 4 is 51.0 Å². The molecular formula is C25H31BrCl2N4O2. The van der Waals surface area contributed by atoms with Crippen LogP contribution in [0.15, 0.2) is 22.8 Å². The van der Waals surface area contributed by atoms with Gasteiger partial charge in [0.15, 0.2) is 5.82 Å². The zero-order valence-electron chi connectivity index (χ0n) is 20.1. The number of hydrogen-bond acceptors (Lipinski definition) is 5. The van der Waals surface area contributed by atoms with Crippen LogP contribution in [0.5, 0.6) is 0 Å². The maximum Gasteiger partial charge on any atom is 0.407 e. The molecule has 34 heavy (non-hydrogen) atoms. The van der Waals surface area contributed by atoms with Crippen molar-refractivity contribution in [1.29, 1.82) is 0 Å². The Morgan fingerprint density at radius 1 is 1.21 bits per heavy atom. The number of carbonyl (C=O) groups excluding carboxylic acids is 1. The molecule has 9 heteroatoms. The number of nitrogens with one attached hydrogen (secondary N) is 1. The lowest BCUT2D eigenvalue weighted by Gasteiger charge is -2.44. The fraction of sp³-hybridized carbons (Fsp3) is 0.560. The number of carbonyl (C=O) groups is 1. The van der Waals surface area contributed by atoms with Crippen LogP contribution in [0.2, 0.25) is 10.0 Å². The Morgan fingerprint density at radius 3 is 2.59 bits per heavy atom. The highest BCUT2D eigenvalue weighted by Gasteiger charge is 2.46. The van der Waals surface area contributed by atoms with Gasteiger partial charge in [-0.25, -0.2) is 14.8 Å². The third kappa shape index (κ3) is 5.31. The van der Waals surface area contributed by atoms with E-state index in [1.807, 2.05) is 39.8 Å². The number of aryl methyl sites for hydroxylation is 1. The van der Waals surface area contributed by atoms with E-state index in [0.29, 0.717) is 20.3 Å². The van der Waals surface area contributed by atoms with E-state index in [0.717, 1.165) is 62.3 Å². The lowest BCUT2D eigenvalue weighted by molar-refractivity contribution is 0.0442. The summed E-state index contributed by atoms with van der Waals surface area (Å²) in [5.41, 5.74) is 1.90. The number of piperidine rings is 1. The van der Waals surface area contributed by atoms with E-state index in [1.165, 1.54) is 0 Å². The quantitative estimate of drug-likeness (QED) is 0.424. The van der Waals surface area contributed by atoms with E-state index in [1.54, 1.807) is 6.07 Å². The average Bonchev–Trinajstić information content (AvgIpc) is 3.12. The molecule has 184 valence electrons. The molecule has 0 bridgehead atoms. The van der Waals surface area contributed by atoms with Gasteiger partial charge < -0.3 is 15.0 Å². The van der Waals surface area contributed by atoms with Gasteiger partial charge in [-0.05, 0) is 80.8 Å². The van der Waals surface area contributed by atoms with Crippen LogP contribution in [0.3, 0.4) is 0 Å². The lowest BCUT2D eigenvalue weighted by atomic mass is 9.74. The number of benzene rings is 1. The monoisotopic (exact) mass is 568 g/mol. The lowest BCUT2D eigenvalue weighted by Crippen LogP contribution is -2.51. The van der Waals surface area contributed by atoms with E-state index in [-0.39, 0.29) is 17.6 Å². The number of halogens is 3. The topological polar surface area (TPSA) is 67.4 Å². The maximum absolute atomic E-state index is 12.4. The largest absolute Gasteiger partial charge is 0.444 e. The van der Waals surface area contributed by atoms with E-state index in [2.05, 4.69) is 26.1 Å². The molecule has 1 saturated heterocycles. The Labute approximate surface area is 219 Å². The Bertz CT molecular complexity index is 1080. The van der Waals surface area contributed by atoms with Crippen LogP contribution >= 0.6 is 39.1 Å². The average molecular weight is 570 g/mol. The van der Waals surface area contributed by atoms with Crippen LogP contribution in [0, 0.1) is 12.3 Å². The van der Waals surface area contributed by atoms with Crippen molar-refractivity contribution in [2.75, 3.05) is 18.0 Å². The van der Waals surface area contributed by atoms with Gasteiger partial charge in [0, 0.05) is 24.7 Å². The van der Waals surface area contributed by atoms with Crippen LogP contribution in [-0.2, 0) is 4.74 Å². The van der Waals surface area contributed by atoms with Crippen LogP contribution in [-0.4, -0.2) is 40.8 Å². The minimum Gasteiger partial charge on any atom is -0.444 e. The first-order valence-corrected chi connectivity index (χ1v) is 13.3. The first-order valence-electron chi connectivity index (χ1n) is 11.7. The summed E-state index contributed by atoms with van der Waals surface area (Å²) in [5, 5.41) is 4.14. The van der Waals surface area contributed by atoms with Gasteiger partial charge in [0.25, 0.3) is 0 Å². The molecule has 2 heterocycles. The highest BCUT2D eigenvalue weighted by Crippen LogP contribution is 2.47. The molecule has 1 atom stereocenters. The third-order valence-corrected chi connectivity index (χ3v) is 8.22. The van der Waals surface area contributed by atoms with E-state index < -0.39 is 5.60 Å². The fourth-order valence-electron chi connectivity index (χ4n) is 5.21. The molecule has 1 aliphatic carbocycles. The van der Waals surface area contributed by atoms with Crippen molar-refractivity contribution in [2.24, 2.45) is 5.41 Å². The molecule has 1 aliphatic heterocycles. The molecule has 2 aliphatic rings. The molecule has 1 amide bonds. The molecule has 0 radical (unpaired) electrons. The second-order valence-corrected chi connectivity index (χ2v) is 11.9. The Balaban J connectivity index is 1.48. The molecule has 0 unspecified atom stereocenters. The fourth-order valence-corrected chi connectivity index (χ4v) is 6.11. The Kier molecular flexibility index (Phi) is 7.37. The van der Waals surface area contributed by atoms with Crippen molar-refractivity contribution < 1.29 is 9.53 Å². The molecule has 2 fully saturated rings. The second kappa shape index (κ2) is 9.82. The van der Waals surface area contributed by atoms with Gasteiger partial charge in [-0.1, -0.05) is 41.8 Å². The van der Waals surface area contributed by atoms with Crippen molar-refractivity contribution in [3.63, 3.8) is 0 Å². The molecule has 1 N–H and O–H groups in total. The predicted octanol–water partition coefficient (Wildman–Crippen LogP) is 7.19. The van der Waals surface area contributed by atoms with Crippen LogP contribution < -0.4 is 10.2 Å². The Morgan fingerprint density at radius 2 is 1.91 bits per heavy atom. The zero-order chi connectivity index (χ0) is 24.7. The highest BCUT2D eigenvalue weighted by molar-refractivity contribution is 9.10. The van der Waals surface area contributed by atoms with E-state index in [9.17, 15) is 4.79 Å².